The summed E-state index contributed by atoms with van der Waals surface area (Å²) in [4.78, 5) is 12.3. The molecule has 1 aromatic heterocycles. The molecule has 1 unspecified atom stereocenters. The highest BCUT2D eigenvalue weighted by Gasteiger charge is 2.23. The van der Waals surface area contributed by atoms with E-state index in [1.54, 1.807) is 36.4 Å². The Kier molecular flexibility index (Phi) is 3.67. The monoisotopic (exact) mass is 298 g/mol. The molecule has 22 heavy (non-hydrogen) atoms. The summed E-state index contributed by atoms with van der Waals surface area (Å²) in [6.45, 7) is 1.86. The first-order valence-electron chi connectivity index (χ1n) is 7.09. The van der Waals surface area contributed by atoms with Gasteiger partial charge < -0.3 is 9.52 Å². The number of phenols is 1. The van der Waals surface area contributed by atoms with Crippen LogP contribution in [0.3, 0.4) is 0 Å². The van der Waals surface area contributed by atoms with Crippen LogP contribution in [0.4, 0.5) is 4.39 Å². The van der Waals surface area contributed by atoms with E-state index in [1.165, 1.54) is 12.1 Å². The Balaban J connectivity index is 2.27. The standard InChI is InChI=1S/C18H15FO3/c1-2-13-14-9-8-12(20)10-15(14)22-18(21)16(13)17(19)11-6-4-3-5-7-11/h3-10,17,20H,2H2,1H3. The van der Waals surface area contributed by atoms with Crippen molar-refractivity contribution in [2.24, 2.45) is 0 Å². The molecule has 0 saturated carbocycles. The number of halogens is 1. The fourth-order valence-corrected chi connectivity index (χ4v) is 2.69. The molecule has 0 bridgehead atoms. The van der Waals surface area contributed by atoms with Crippen molar-refractivity contribution in [2.45, 2.75) is 19.5 Å². The van der Waals surface area contributed by atoms with E-state index in [4.69, 9.17) is 4.42 Å². The number of hydrogen-bond acceptors (Lipinski definition) is 3. The molecule has 3 nitrogen and oxygen atoms in total. The molecule has 0 saturated heterocycles. The zero-order chi connectivity index (χ0) is 15.7. The molecular weight excluding hydrogens is 283 g/mol. The van der Waals surface area contributed by atoms with Crippen LogP contribution in [0.1, 0.15) is 29.8 Å². The highest BCUT2D eigenvalue weighted by atomic mass is 19.1. The maximum absolute atomic E-state index is 14.9. The second kappa shape index (κ2) is 5.64. The Labute approximate surface area is 126 Å². The molecule has 0 fully saturated rings. The van der Waals surface area contributed by atoms with E-state index in [9.17, 15) is 14.3 Å². The van der Waals surface area contributed by atoms with Gasteiger partial charge in [0.2, 0.25) is 0 Å². The van der Waals surface area contributed by atoms with Gasteiger partial charge in [0.1, 0.15) is 11.3 Å². The third kappa shape index (κ3) is 2.37. The van der Waals surface area contributed by atoms with Crippen molar-refractivity contribution in [3.63, 3.8) is 0 Å². The summed E-state index contributed by atoms with van der Waals surface area (Å²) in [7, 11) is 0. The molecule has 0 aliphatic carbocycles. The minimum Gasteiger partial charge on any atom is -0.508 e. The molecule has 0 aliphatic heterocycles. The lowest BCUT2D eigenvalue weighted by Gasteiger charge is -2.14. The van der Waals surface area contributed by atoms with Crippen LogP contribution in [0.25, 0.3) is 11.0 Å². The van der Waals surface area contributed by atoms with Gasteiger partial charge in [-0.2, -0.15) is 0 Å². The Morgan fingerprint density at radius 2 is 1.91 bits per heavy atom. The van der Waals surface area contributed by atoms with Crippen molar-refractivity contribution < 1.29 is 13.9 Å². The number of aromatic hydroxyl groups is 1. The summed E-state index contributed by atoms with van der Waals surface area (Å²) < 4.78 is 20.1. The van der Waals surface area contributed by atoms with Gasteiger partial charge in [0.25, 0.3) is 0 Å². The van der Waals surface area contributed by atoms with Gasteiger partial charge >= 0.3 is 5.63 Å². The third-order valence-electron chi connectivity index (χ3n) is 3.74. The Morgan fingerprint density at radius 1 is 1.18 bits per heavy atom. The van der Waals surface area contributed by atoms with Crippen molar-refractivity contribution in [2.75, 3.05) is 0 Å². The number of benzene rings is 2. The lowest BCUT2D eigenvalue weighted by Crippen LogP contribution is -2.14. The summed E-state index contributed by atoms with van der Waals surface area (Å²) in [5.74, 6) is 0.00492. The van der Waals surface area contributed by atoms with Crippen LogP contribution in [-0.2, 0) is 6.42 Å². The topological polar surface area (TPSA) is 50.4 Å². The Morgan fingerprint density at radius 3 is 2.59 bits per heavy atom. The molecule has 0 aliphatic rings. The van der Waals surface area contributed by atoms with Gasteiger partial charge in [-0.15, -0.1) is 0 Å². The molecule has 4 heteroatoms. The molecule has 3 rings (SSSR count). The van der Waals surface area contributed by atoms with Crippen molar-refractivity contribution in [1.82, 2.24) is 0 Å². The first-order chi connectivity index (χ1) is 10.6. The fraction of sp³-hybridized carbons (Fsp3) is 0.167. The lowest BCUT2D eigenvalue weighted by atomic mass is 9.95. The van der Waals surface area contributed by atoms with Gasteiger partial charge in [-0.3, -0.25) is 0 Å². The molecule has 0 radical (unpaired) electrons. The van der Waals surface area contributed by atoms with Crippen LogP contribution in [0.2, 0.25) is 0 Å². The van der Waals surface area contributed by atoms with Crippen LogP contribution in [0.15, 0.2) is 57.7 Å². The molecule has 112 valence electrons. The minimum atomic E-state index is -1.54. The Bertz CT molecular complexity index is 869. The summed E-state index contributed by atoms with van der Waals surface area (Å²) in [6.07, 6.45) is -1.04. The molecule has 1 atom stereocenters. The van der Waals surface area contributed by atoms with Gasteiger partial charge in [-0.25, -0.2) is 9.18 Å². The predicted molar refractivity (Wildman–Crippen MR) is 82.9 cm³/mol. The first kappa shape index (κ1) is 14.3. The number of rotatable bonds is 3. The normalized spacial score (nSPS) is 12.5. The van der Waals surface area contributed by atoms with E-state index in [0.717, 1.165) is 0 Å². The van der Waals surface area contributed by atoms with Crippen molar-refractivity contribution >= 4 is 11.0 Å². The van der Waals surface area contributed by atoms with E-state index < -0.39 is 11.8 Å². The fourth-order valence-electron chi connectivity index (χ4n) is 2.69. The molecule has 1 N–H and O–H groups in total. The number of phenolic OH excluding ortho intramolecular Hbond substituents is 1. The molecule has 0 amide bonds. The minimum absolute atomic E-state index is 0.00492. The zero-order valence-electron chi connectivity index (χ0n) is 12.0. The lowest BCUT2D eigenvalue weighted by molar-refractivity contribution is 0.384. The van der Waals surface area contributed by atoms with Crippen LogP contribution in [-0.4, -0.2) is 5.11 Å². The highest BCUT2D eigenvalue weighted by molar-refractivity contribution is 5.82. The zero-order valence-corrected chi connectivity index (χ0v) is 12.0. The molecular formula is C18H15FO3. The van der Waals surface area contributed by atoms with Gasteiger partial charge in [0, 0.05) is 11.5 Å². The van der Waals surface area contributed by atoms with E-state index in [0.29, 0.717) is 22.9 Å². The van der Waals surface area contributed by atoms with E-state index in [-0.39, 0.29) is 16.9 Å². The smallest absolute Gasteiger partial charge is 0.343 e. The summed E-state index contributed by atoms with van der Waals surface area (Å²) in [5, 5.41) is 10.2. The predicted octanol–water partition coefficient (Wildman–Crippen LogP) is 4.12. The van der Waals surface area contributed by atoms with Gasteiger partial charge in [-0.1, -0.05) is 37.3 Å². The summed E-state index contributed by atoms with van der Waals surface area (Å²) >= 11 is 0. The maximum Gasteiger partial charge on any atom is 0.343 e. The second-order valence-electron chi connectivity index (χ2n) is 5.09. The molecule has 3 aromatic rings. The largest absolute Gasteiger partial charge is 0.508 e. The quantitative estimate of drug-likeness (QED) is 0.740. The number of aryl methyl sites for hydroxylation is 1. The van der Waals surface area contributed by atoms with Gasteiger partial charge in [0.15, 0.2) is 6.17 Å². The van der Waals surface area contributed by atoms with Gasteiger partial charge in [0.05, 0.1) is 5.56 Å². The number of alkyl halides is 1. The molecule has 2 aromatic carbocycles. The average molecular weight is 298 g/mol. The number of hydrogen-bond donors (Lipinski definition) is 1. The first-order valence-corrected chi connectivity index (χ1v) is 7.09. The van der Waals surface area contributed by atoms with E-state index in [1.807, 2.05) is 6.92 Å². The highest BCUT2D eigenvalue weighted by Crippen LogP contribution is 2.31. The van der Waals surface area contributed by atoms with Crippen LogP contribution < -0.4 is 5.63 Å². The Hall–Kier alpha value is -2.62. The van der Waals surface area contributed by atoms with E-state index in [2.05, 4.69) is 0 Å². The maximum atomic E-state index is 14.9. The third-order valence-corrected chi connectivity index (χ3v) is 3.74. The van der Waals surface area contributed by atoms with Crippen LogP contribution in [0, 0.1) is 0 Å². The van der Waals surface area contributed by atoms with Crippen molar-refractivity contribution in [3.8, 4) is 5.75 Å². The summed E-state index contributed by atoms with van der Waals surface area (Å²) in [6, 6.07) is 13.1. The van der Waals surface area contributed by atoms with Crippen LogP contribution in [0.5, 0.6) is 5.75 Å². The second-order valence-corrected chi connectivity index (χ2v) is 5.09. The van der Waals surface area contributed by atoms with Crippen molar-refractivity contribution in [3.05, 3.63) is 75.6 Å². The molecule has 0 spiro atoms. The summed E-state index contributed by atoms with van der Waals surface area (Å²) in [5.41, 5.74) is 0.634. The van der Waals surface area contributed by atoms with E-state index >= 15 is 0 Å². The number of fused-ring (bicyclic) bond motifs is 1. The van der Waals surface area contributed by atoms with Crippen molar-refractivity contribution in [1.29, 1.82) is 0 Å². The van der Waals surface area contributed by atoms with Gasteiger partial charge in [-0.05, 0) is 29.7 Å². The SMILES string of the molecule is CCc1c(C(F)c2ccccc2)c(=O)oc2cc(O)ccc12. The van der Waals surface area contributed by atoms with Crippen LogP contribution >= 0.6 is 0 Å². The average Bonchev–Trinajstić information content (AvgIpc) is 2.53. The molecule has 1 heterocycles.